The lowest BCUT2D eigenvalue weighted by atomic mass is 9.46. The zero-order valence-electron chi connectivity index (χ0n) is 14.1. The lowest BCUT2D eigenvalue weighted by Crippen LogP contribution is -2.52. The van der Waals surface area contributed by atoms with E-state index < -0.39 is 0 Å². The zero-order chi connectivity index (χ0) is 16.8. The van der Waals surface area contributed by atoms with Crippen molar-refractivity contribution in [3.05, 3.63) is 12.2 Å². The molecule has 2 N–H and O–H groups in total. The van der Waals surface area contributed by atoms with Crippen LogP contribution >= 0.6 is 0 Å². The summed E-state index contributed by atoms with van der Waals surface area (Å²) in [5.74, 6) is 3.37. The second-order valence-electron chi connectivity index (χ2n) is 8.44. The van der Waals surface area contributed by atoms with Gasteiger partial charge in [0.15, 0.2) is 5.78 Å². The summed E-state index contributed by atoms with van der Waals surface area (Å²) in [6.07, 6.45) is 11.4. The summed E-state index contributed by atoms with van der Waals surface area (Å²) in [6.45, 7) is 4.62. The molecule has 0 aliphatic heterocycles. The molecule has 0 saturated heterocycles. The second kappa shape index (κ2) is 5.82. The highest BCUT2D eigenvalue weighted by molar-refractivity contribution is 5.91. The van der Waals surface area contributed by atoms with Gasteiger partial charge in [0.05, 0.1) is 0 Å². The van der Waals surface area contributed by atoms with Crippen LogP contribution in [0.2, 0.25) is 0 Å². The number of hydrogen-bond acceptors (Lipinski definition) is 4. The van der Waals surface area contributed by atoms with Crippen LogP contribution in [-0.4, -0.2) is 22.1 Å². The van der Waals surface area contributed by atoms with Gasteiger partial charge < -0.3 is 0 Å². The van der Waals surface area contributed by atoms with Crippen molar-refractivity contribution in [2.24, 2.45) is 34.5 Å². The largest absolute Gasteiger partial charge is 0.299 e. The summed E-state index contributed by atoms with van der Waals surface area (Å²) < 4.78 is 0. The van der Waals surface area contributed by atoms with E-state index in [1.165, 1.54) is 19.3 Å². The van der Waals surface area contributed by atoms with E-state index in [4.69, 9.17) is 10.5 Å². The van der Waals surface area contributed by atoms with Gasteiger partial charge in [-0.2, -0.15) is 0 Å². The Morgan fingerprint density at radius 3 is 2.52 bits per heavy atom. The molecule has 4 aliphatic carbocycles. The van der Waals surface area contributed by atoms with E-state index in [1.54, 1.807) is 0 Å². The topological polar surface area (TPSA) is 74.6 Å². The molecule has 0 bridgehead atoms. The maximum Gasteiger partial charge on any atom is 0.155 e. The van der Waals surface area contributed by atoms with Crippen LogP contribution in [0.5, 0.6) is 0 Å². The van der Waals surface area contributed by atoms with Crippen molar-refractivity contribution in [1.82, 2.24) is 0 Å². The number of Topliss-reactive ketones (excluding diaryl/α,β-unsaturated/α-hetero) is 1. The Morgan fingerprint density at radius 1 is 1.04 bits per heavy atom. The fraction of sp³-hybridized carbons (Fsp3) is 0.789. The Morgan fingerprint density at radius 2 is 1.78 bits per heavy atom. The minimum absolute atomic E-state index is 0.0292. The molecule has 0 heterocycles. The minimum Gasteiger partial charge on any atom is -0.299 e. The maximum atomic E-state index is 12.4. The van der Waals surface area contributed by atoms with Gasteiger partial charge in [0.1, 0.15) is 5.78 Å². The van der Waals surface area contributed by atoms with Crippen molar-refractivity contribution in [3.8, 4) is 0 Å². The Labute approximate surface area is 137 Å². The summed E-state index contributed by atoms with van der Waals surface area (Å²) in [6, 6.07) is 0. The van der Waals surface area contributed by atoms with E-state index in [0.29, 0.717) is 35.2 Å². The van der Waals surface area contributed by atoms with Crippen molar-refractivity contribution >= 4 is 11.6 Å². The van der Waals surface area contributed by atoms with Gasteiger partial charge in [-0.1, -0.05) is 19.9 Å². The van der Waals surface area contributed by atoms with E-state index in [9.17, 15) is 9.59 Å². The van der Waals surface area contributed by atoms with Crippen molar-refractivity contribution in [1.29, 1.82) is 0 Å². The predicted octanol–water partition coefficient (Wildman–Crippen LogP) is 3.96. The summed E-state index contributed by atoms with van der Waals surface area (Å²) in [4.78, 5) is 24.1. The molecule has 128 valence electrons. The van der Waals surface area contributed by atoms with Gasteiger partial charge in [-0.05, 0) is 67.3 Å². The van der Waals surface area contributed by atoms with Gasteiger partial charge in [0, 0.05) is 18.3 Å². The molecule has 23 heavy (non-hydrogen) atoms. The van der Waals surface area contributed by atoms with Gasteiger partial charge in [-0.3, -0.25) is 20.1 Å². The normalized spacial score (nSPS) is 48.0. The highest BCUT2D eigenvalue weighted by atomic mass is 17.0. The quantitative estimate of drug-likeness (QED) is 0.523. The highest BCUT2D eigenvalue weighted by Crippen LogP contribution is 2.64. The van der Waals surface area contributed by atoms with E-state index in [0.717, 1.165) is 25.7 Å². The number of rotatable bonds is 0. The van der Waals surface area contributed by atoms with Gasteiger partial charge in [0.25, 0.3) is 0 Å². The average molecular weight is 320 g/mol. The van der Waals surface area contributed by atoms with Crippen LogP contribution in [0, 0.1) is 34.5 Å². The van der Waals surface area contributed by atoms with Crippen molar-refractivity contribution in [2.75, 3.05) is 0 Å². The summed E-state index contributed by atoms with van der Waals surface area (Å²) in [5, 5.41) is 12.0. The Hall–Kier alpha value is -1.00. The monoisotopic (exact) mass is 320 g/mol. The fourth-order valence-electron chi connectivity index (χ4n) is 6.41. The molecule has 0 amide bonds. The third-order valence-corrected chi connectivity index (χ3v) is 7.75. The van der Waals surface area contributed by atoms with Crippen molar-refractivity contribution in [2.45, 2.75) is 58.8 Å². The van der Waals surface area contributed by atoms with Crippen LogP contribution in [0.4, 0.5) is 0 Å². The molecular weight excluding hydrogens is 292 g/mol. The van der Waals surface area contributed by atoms with Gasteiger partial charge in [-0.25, -0.2) is 0 Å². The van der Waals surface area contributed by atoms with Crippen LogP contribution in [0.25, 0.3) is 0 Å². The van der Waals surface area contributed by atoms with Crippen molar-refractivity contribution < 1.29 is 20.1 Å². The molecule has 4 aliphatic rings. The number of ketones is 2. The first-order valence-electron chi connectivity index (χ1n) is 8.90. The van der Waals surface area contributed by atoms with E-state index >= 15 is 0 Å². The third-order valence-electron chi connectivity index (χ3n) is 7.75. The van der Waals surface area contributed by atoms with Crippen molar-refractivity contribution in [3.63, 3.8) is 0 Å². The number of allylic oxidation sites excluding steroid dienone is 2. The van der Waals surface area contributed by atoms with E-state index in [-0.39, 0.29) is 10.8 Å². The van der Waals surface area contributed by atoms with Crippen LogP contribution < -0.4 is 0 Å². The minimum atomic E-state index is -0.0292. The Kier molecular flexibility index (Phi) is 4.26. The number of fused-ring (bicyclic) bond motifs is 5. The van der Waals surface area contributed by atoms with Gasteiger partial charge in [0.2, 0.25) is 0 Å². The average Bonchev–Trinajstić information content (AvgIpc) is 2.86. The standard InChI is InChI=1S/C19H26O2.H2O2/c1-18-9-7-13(20)11-12(18)3-4-14-15-5-6-17(21)19(15,2)10-8-16(14)18;1-2/h7,9,12,14-16H,3-6,8,10-11H2,1-2H3;1-2H/t12?,14-,15-,16-,18-,19-;/m0./s1. The molecule has 0 radical (unpaired) electrons. The van der Waals surface area contributed by atoms with Crippen LogP contribution in [-0.2, 0) is 9.59 Å². The van der Waals surface area contributed by atoms with Crippen LogP contribution in [0.15, 0.2) is 12.2 Å². The smallest absolute Gasteiger partial charge is 0.155 e. The molecule has 6 atom stereocenters. The molecule has 3 fully saturated rings. The highest BCUT2D eigenvalue weighted by Gasteiger charge is 2.59. The lowest BCUT2D eigenvalue weighted by molar-refractivity contribution is -0.176. The maximum absolute atomic E-state index is 12.4. The lowest BCUT2D eigenvalue weighted by Gasteiger charge is -2.57. The molecular formula is C19H28O4. The van der Waals surface area contributed by atoms with Gasteiger partial charge >= 0.3 is 0 Å². The van der Waals surface area contributed by atoms with Crippen LogP contribution in [0.3, 0.4) is 0 Å². The second-order valence-corrected chi connectivity index (χ2v) is 8.44. The molecule has 0 spiro atoms. The van der Waals surface area contributed by atoms with Crippen LogP contribution in [0.1, 0.15) is 58.8 Å². The fourth-order valence-corrected chi connectivity index (χ4v) is 6.41. The molecule has 1 unspecified atom stereocenters. The molecule has 4 rings (SSSR count). The predicted molar refractivity (Wildman–Crippen MR) is 86.9 cm³/mol. The zero-order valence-corrected chi connectivity index (χ0v) is 14.1. The summed E-state index contributed by atoms with van der Waals surface area (Å²) >= 11 is 0. The first-order valence-corrected chi connectivity index (χ1v) is 8.90. The van der Waals surface area contributed by atoms with Gasteiger partial charge in [-0.15, -0.1) is 0 Å². The Bertz CT molecular complexity index is 539. The Balaban J connectivity index is 0.000000753. The number of carbonyl (C=O) groups excluding carboxylic acids is 2. The number of hydrogen-bond donors (Lipinski definition) is 2. The SMILES string of the molecule is C[C@]12C=CC(=O)CC1CC[C@@H]1[C@@H]2CC[C@]2(C)C(=O)CC[C@@H]12.OO. The number of carbonyl (C=O) groups is 2. The summed E-state index contributed by atoms with van der Waals surface area (Å²) in [5.41, 5.74) is 0.169. The molecule has 3 saturated carbocycles. The van der Waals surface area contributed by atoms with E-state index in [2.05, 4.69) is 19.9 Å². The van der Waals surface area contributed by atoms with E-state index in [1.807, 2.05) is 6.08 Å². The summed E-state index contributed by atoms with van der Waals surface area (Å²) in [7, 11) is 0. The molecule has 0 aromatic rings. The molecule has 4 heteroatoms. The molecule has 0 aromatic heterocycles. The first-order chi connectivity index (χ1) is 10.9. The molecule has 4 nitrogen and oxygen atoms in total. The first kappa shape index (κ1) is 16.8. The molecule has 0 aromatic carbocycles. The third kappa shape index (κ3) is 2.33.